The summed E-state index contributed by atoms with van der Waals surface area (Å²) >= 11 is 0. The van der Waals surface area contributed by atoms with Gasteiger partial charge in [0.15, 0.2) is 0 Å². The fourth-order valence-electron chi connectivity index (χ4n) is 2.74. The minimum atomic E-state index is -0.425. The summed E-state index contributed by atoms with van der Waals surface area (Å²) in [5, 5.41) is 8.52. The van der Waals surface area contributed by atoms with Crippen LogP contribution in [0.1, 0.15) is 12.5 Å². The zero-order valence-corrected chi connectivity index (χ0v) is 14.4. The summed E-state index contributed by atoms with van der Waals surface area (Å²) in [5.74, 6) is -1.19. The molecule has 1 atom stereocenters. The highest BCUT2D eigenvalue weighted by Gasteiger charge is 2.24. The second-order valence-electron chi connectivity index (χ2n) is 6.04. The smallest absolute Gasteiger partial charge is 0.257 e. The molecule has 0 aliphatic carbocycles. The number of ether oxygens (including phenoxy) is 1. The maximum atomic E-state index is 14.2. The molecule has 1 heterocycles. The van der Waals surface area contributed by atoms with Crippen molar-refractivity contribution in [2.24, 2.45) is 0 Å². The van der Waals surface area contributed by atoms with Crippen LogP contribution >= 0.6 is 0 Å². The van der Waals surface area contributed by atoms with Crippen molar-refractivity contribution in [2.75, 3.05) is 29.7 Å². The highest BCUT2D eigenvalue weighted by atomic mass is 19.1. The van der Waals surface area contributed by atoms with Gasteiger partial charge in [0.1, 0.15) is 11.6 Å². The summed E-state index contributed by atoms with van der Waals surface area (Å²) in [6.07, 6.45) is 1.48. The van der Waals surface area contributed by atoms with Crippen molar-refractivity contribution >= 4 is 28.5 Å². The SMILES string of the molecule is COCC(C)Nc1ccc(N/C=C2/C(=O)Nc3cc(F)ccc32)cc1F. The molecule has 5 nitrogen and oxygen atoms in total. The molecular formula is C19H19F2N3O2. The predicted octanol–water partition coefficient (Wildman–Crippen LogP) is 3.82. The Morgan fingerprint density at radius 1 is 1.23 bits per heavy atom. The van der Waals surface area contributed by atoms with Gasteiger partial charge in [0.05, 0.1) is 23.6 Å². The first-order valence-electron chi connectivity index (χ1n) is 8.11. The van der Waals surface area contributed by atoms with E-state index in [1.54, 1.807) is 19.2 Å². The third-order valence-corrected chi connectivity index (χ3v) is 3.94. The molecule has 0 bridgehead atoms. The topological polar surface area (TPSA) is 62.4 Å². The molecule has 2 aromatic rings. The summed E-state index contributed by atoms with van der Waals surface area (Å²) in [6, 6.07) is 8.68. The van der Waals surface area contributed by atoms with E-state index < -0.39 is 11.6 Å². The van der Waals surface area contributed by atoms with Crippen LogP contribution in [-0.4, -0.2) is 25.7 Å². The highest BCUT2D eigenvalue weighted by molar-refractivity contribution is 6.31. The van der Waals surface area contributed by atoms with Crippen molar-refractivity contribution in [3.8, 4) is 0 Å². The summed E-state index contributed by atoms with van der Waals surface area (Å²) in [4.78, 5) is 12.0. The van der Waals surface area contributed by atoms with Gasteiger partial charge in [0.2, 0.25) is 0 Å². The molecule has 1 aliphatic rings. The number of carbonyl (C=O) groups excluding carboxylic acids is 1. The minimum absolute atomic E-state index is 0.0329. The van der Waals surface area contributed by atoms with Crippen LogP contribution in [0.2, 0.25) is 0 Å². The number of anilines is 3. The molecule has 2 aromatic carbocycles. The molecule has 0 aromatic heterocycles. The molecule has 1 aliphatic heterocycles. The van der Waals surface area contributed by atoms with Crippen molar-refractivity contribution in [1.82, 2.24) is 0 Å². The van der Waals surface area contributed by atoms with Crippen molar-refractivity contribution in [3.05, 3.63) is 59.8 Å². The summed E-state index contributed by atoms with van der Waals surface area (Å²) in [6.45, 7) is 2.35. The Bertz CT molecular complexity index is 868. The zero-order chi connectivity index (χ0) is 18.7. The number of benzene rings is 2. The lowest BCUT2D eigenvalue weighted by molar-refractivity contribution is -0.110. The van der Waals surface area contributed by atoms with Gasteiger partial charge in [-0.15, -0.1) is 0 Å². The first-order chi connectivity index (χ1) is 12.5. The van der Waals surface area contributed by atoms with E-state index in [-0.39, 0.29) is 11.9 Å². The van der Waals surface area contributed by atoms with Crippen LogP contribution in [0.5, 0.6) is 0 Å². The second-order valence-corrected chi connectivity index (χ2v) is 6.04. The van der Waals surface area contributed by atoms with Crippen molar-refractivity contribution in [1.29, 1.82) is 0 Å². The monoisotopic (exact) mass is 359 g/mol. The van der Waals surface area contributed by atoms with Gasteiger partial charge in [-0.2, -0.15) is 0 Å². The van der Waals surface area contributed by atoms with E-state index in [9.17, 15) is 13.6 Å². The van der Waals surface area contributed by atoms with Gasteiger partial charge in [0.25, 0.3) is 5.91 Å². The molecular weight excluding hydrogens is 340 g/mol. The molecule has 3 rings (SSSR count). The summed E-state index contributed by atoms with van der Waals surface area (Å²) < 4.78 is 32.5. The molecule has 0 fully saturated rings. The average molecular weight is 359 g/mol. The fourth-order valence-corrected chi connectivity index (χ4v) is 2.74. The number of methoxy groups -OCH3 is 1. The van der Waals surface area contributed by atoms with Crippen LogP contribution in [0, 0.1) is 11.6 Å². The maximum Gasteiger partial charge on any atom is 0.257 e. The van der Waals surface area contributed by atoms with Gasteiger partial charge >= 0.3 is 0 Å². The molecule has 26 heavy (non-hydrogen) atoms. The third-order valence-electron chi connectivity index (χ3n) is 3.94. The second kappa shape index (κ2) is 7.53. The fraction of sp³-hybridized carbons (Fsp3) is 0.211. The molecule has 7 heteroatoms. The van der Waals surface area contributed by atoms with E-state index in [1.807, 2.05) is 6.92 Å². The lowest BCUT2D eigenvalue weighted by Crippen LogP contribution is -2.21. The standard InChI is InChI=1S/C19H19F2N3O2/c1-11(10-26-2)23-17-6-4-13(8-16(17)21)22-9-15-14-5-3-12(20)7-18(14)24-19(15)25/h3-9,11,22-23H,10H2,1-2H3,(H,24,25)/b15-9+. The Hall–Kier alpha value is -2.93. The normalized spacial score (nSPS) is 15.5. The van der Waals surface area contributed by atoms with Gasteiger partial charge in [-0.25, -0.2) is 8.78 Å². The maximum absolute atomic E-state index is 14.2. The Kier molecular flexibility index (Phi) is 5.18. The van der Waals surface area contributed by atoms with Crippen LogP contribution in [-0.2, 0) is 9.53 Å². The predicted molar refractivity (Wildman–Crippen MR) is 98.0 cm³/mol. The number of nitrogens with one attached hydrogen (secondary N) is 3. The van der Waals surface area contributed by atoms with Gasteiger partial charge in [-0.1, -0.05) is 0 Å². The molecule has 0 saturated carbocycles. The number of carbonyl (C=O) groups is 1. The number of halogens is 2. The molecule has 0 saturated heterocycles. The largest absolute Gasteiger partial charge is 0.383 e. The zero-order valence-electron chi connectivity index (χ0n) is 14.4. The third kappa shape index (κ3) is 3.83. The highest BCUT2D eigenvalue weighted by Crippen LogP contribution is 2.32. The first kappa shape index (κ1) is 17.9. The lowest BCUT2D eigenvalue weighted by atomic mass is 10.1. The minimum Gasteiger partial charge on any atom is -0.383 e. The van der Waals surface area contributed by atoms with Crippen LogP contribution in [0.4, 0.5) is 25.8 Å². The molecule has 1 amide bonds. The van der Waals surface area contributed by atoms with Crippen molar-refractivity contribution in [2.45, 2.75) is 13.0 Å². The molecule has 1 unspecified atom stereocenters. The van der Waals surface area contributed by atoms with E-state index in [1.165, 1.54) is 30.5 Å². The number of fused-ring (bicyclic) bond motifs is 1. The van der Waals surface area contributed by atoms with Gasteiger partial charge in [0, 0.05) is 30.6 Å². The van der Waals surface area contributed by atoms with Crippen LogP contribution in [0.3, 0.4) is 0 Å². The van der Waals surface area contributed by atoms with E-state index in [0.717, 1.165) is 0 Å². The van der Waals surface area contributed by atoms with Gasteiger partial charge in [-0.3, -0.25) is 4.79 Å². The Morgan fingerprint density at radius 2 is 2.04 bits per heavy atom. The van der Waals surface area contributed by atoms with E-state index in [2.05, 4.69) is 16.0 Å². The first-order valence-corrected chi connectivity index (χ1v) is 8.11. The van der Waals surface area contributed by atoms with Crippen LogP contribution < -0.4 is 16.0 Å². The van der Waals surface area contributed by atoms with Crippen LogP contribution in [0.25, 0.3) is 5.57 Å². The van der Waals surface area contributed by atoms with Gasteiger partial charge < -0.3 is 20.7 Å². The van der Waals surface area contributed by atoms with E-state index in [4.69, 9.17) is 4.74 Å². The van der Waals surface area contributed by atoms with Crippen LogP contribution in [0.15, 0.2) is 42.6 Å². The van der Waals surface area contributed by atoms with Crippen molar-refractivity contribution in [3.63, 3.8) is 0 Å². The van der Waals surface area contributed by atoms with E-state index in [0.29, 0.717) is 34.8 Å². The van der Waals surface area contributed by atoms with Gasteiger partial charge in [-0.05, 0) is 43.3 Å². The quantitative estimate of drug-likeness (QED) is 0.686. The molecule has 3 N–H and O–H groups in total. The molecule has 0 radical (unpaired) electrons. The molecule has 0 spiro atoms. The average Bonchev–Trinajstić information content (AvgIpc) is 2.89. The molecule has 136 valence electrons. The lowest BCUT2D eigenvalue weighted by Gasteiger charge is -2.15. The number of rotatable bonds is 6. The number of hydrogen-bond acceptors (Lipinski definition) is 4. The van der Waals surface area contributed by atoms with E-state index >= 15 is 0 Å². The number of amides is 1. The summed E-state index contributed by atoms with van der Waals surface area (Å²) in [5.41, 5.74) is 2.23. The van der Waals surface area contributed by atoms with Crippen molar-refractivity contribution < 1.29 is 18.3 Å². The Balaban J connectivity index is 1.75. The summed E-state index contributed by atoms with van der Waals surface area (Å²) in [7, 11) is 1.58. The Morgan fingerprint density at radius 3 is 2.77 bits per heavy atom. The number of hydrogen-bond donors (Lipinski definition) is 3. The Labute approximate surface area is 150 Å².